The van der Waals surface area contributed by atoms with E-state index in [4.69, 9.17) is 11.6 Å². The summed E-state index contributed by atoms with van der Waals surface area (Å²) in [4.78, 5) is 2.55. The predicted octanol–water partition coefficient (Wildman–Crippen LogP) is 4.62. The number of aryl methyl sites for hydroxylation is 2. The zero-order chi connectivity index (χ0) is 19.9. The van der Waals surface area contributed by atoms with Crippen molar-refractivity contribution in [3.63, 3.8) is 0 Å². The molecule has 0 bridgehead atoms. The Labute approximate surface area is 171 Å². The molecule has 146 valence electrons. The van der Waals surface area contributed by atoms with E-state index in [1.165, 1.54) is 16.8 Å². The highest BCUT2D eigenvalue weighted by atomic mass is 35.5. The second-order valence-electron chi connectivity index (χ2n) is 7.28. The third-order valence-electron chi connectivity index (χ3n) is 5.37. The zero-order valence-electron chi connectivity index (χ0n) is 16.0. The maximum absolute atomic E-state index is 13.4. The molecule has 3 aromatic carbocycles. The molecule has 0 unspecified atom stereocenters. The van der Waals surface area contributed by atoms with Crippen molar-refractivity contribution < 1.29 is 8.42 Å². The summed E-state index contributed by atoms with van der Waals surface area (Å²) in [5.41, 5.74) is 3.63. The molecule has 0 radical (unpaired) electrons. The third-order valence-corrected chi connectivity index (χ3v) is 7.62. The number of benzene rings is 3. The molecule has 0 aliphatic carbocycles. The van der Waals surface area contributed by atoms with E-state index in [1.54, 1.807) is 22.5 Å². The molecule has 0 aromatic heterocycles. The first-order chi connectivity index (χ1) is 13.4. The lowest BCUT2D eigenvalue weighted by atomic mass is 10.1. The van der Waals surface area contributed by atoms with Crippen LogP contribution in [0.15, 0.2) is 59.5 Å². The normalized spacial score (nSPS) is 15.9. The van der Waals surface area contributed by atoms with E-state index in [9.17, 15) is 8.42 Å². The minimum absolute atomic E-state index is 0.288. The molecule has 3 aromatic rings. The van der Waals surface area contributed by atoms with Gasteiger partial charge in [0.15, 0.2) is 0 Å². The van der Waals surface area contributed by atoms with E-state index in [2.05, 4.69) is 36.9 Å². The monoisotopic (exact) mass is 414 g/mol. The minimum Gasteiger partial charge on any atom is -0.369 e. The number of sulfonamides is 1. The van der Waals surface area contributed by atoms with Crippen LogP contribution in [0.25, 0.3) is 10.8 Å². The van der Waals surface area contributed by atoms with E-state index < -0.39 is 10.0 Å². The number of fused-ring (bicyclic) bond motifs is 1. The van der Waals surface area contributed by atoms with Gasteiger partial charge in [-0.3, -0.25) is 0 Å². The summed E-state index contributed by atoms with van der Waals surface area (Å²) in [6.45, 7) is 6.43. The van der Waals surface area contributed by atoms with Crippen LogP contribution in [0.1, 0.15) is 11.1 Å². The summed E-state index contributed by atoms with van der Waals surface area (Å²) in [6, 6.07) is 17.2. The Bertz CT molecular complexity index is 1130. The number of nitrogens with zero attached hydrogens (tertiary/aromatic N) is 2. The van der Waals surface area contributed by atoms with Crippen molar-refractivity contribution in [3.05, 3.63) is 70.7 Å². The molecule has 1 heterocycles. The molecule has 1 aliphatic rings. The predicted molar refractivity (Wildman–Crippen MR) is 116 cm³/mol. The number of hydrogen-bond donors (Lipinski definition) is 0. The van der Waals surface area contributed by atoms with E-state index in [0.29, 0.717) is 36.6 Å². The van der Waals surface area contributed by atoms with Crippen molar-refractivity contribution in [3.8, 4) is 0 Å². The van der Waals surface area contributed by atoms with Crippen LogP contribution in [-0.4, -0.2) is 38.9 Å². The van der Waals surface area contributed by atoms with Crippen LogP contribution in [0.2, 0.25) is 5.02 Å². The number of halogens is 1. The van der Waals surface area contributed by atoms with Gasteiger partial charge in [0.1, 0.15) is 0 Å². The Hall–Kier alpha value is -2.08. The molecule has 0 amide bonds. The SMILES string of the molecule is Cc1ccc(N2CCN(S(=O)(=O)c3cccc4cccc(Cl)c34)CC2)c(C)c1. The van der Waals surface area contributed by atoms with Gasteiger partial charge in [-0.25, -0.2) is 8.42 Å². The van der Waals surface area contributed by atoms with E-state index in [1.807, 2.05) is 18.2 Å². The van der Waals surface area contributed by atoms with Crippen LogP contribution in [0.4, 0.5) is 5.69 Å². The average Bonchev–Trinajstić information content (AvgIpc) is 2.68. The van der Waals surface area contributed by atoms with Crippen LogP contribution in [0.3, 0.4) is 0 Å². The Morgan fingerprint density at radius 3 is 2.25 bits per heavy atom. The van der Waals surface area contributed by atoms with E-state index in [0.717, 1.165) is 5.39 Å². The summed E-state index contributed by atoms with van der Waals surface area (Å²) in [7, 11) is -3.61. The van der Waals surface area contributed by atoms with Crippen molar-refractivity contribution in [2.24, 2.45) is 0 Å². The number of hydrogen-bond acceptors (Lipinski definition) is 3. The van der Waals surface area contributed by atoms with Crippen molar-refractivity contribution >= 4 is 38.1 Å². The smallest absolute Gasteiger partial charge is 0.243 e. The Kier molecular flexibility index (Phi) is 5.08. The zero-order valence-corrected chi connectivity index (χ0v) is 17.6. The van der Waals surface area contributed by atoms with Crippen LogP contribution in [-0.2, 0) is 10.0 Å². The highest BCUT2D eigenvalue weighted by Gasteiger charge is 2.30. The largest absolute Gasteiger partial charge is 0.369 e. The van der Waals surface area contributed by atoms with Crippen LogP contribution < -0.4 is 4.90 Å². The molecule has 0 spiro atoms. The van der Waals surface area contributed by atoms with Crippen molar-refractivity contribution in [2.45, 2.75) is 18.7 Å². The fraction of sp³-hybridized carbons (Fsp3) is 0.273. The summed E-state index contributed by atoms with van der Waals surface area (Å²) in [5, 5.41) is 1.90. The van der Waals surface area contributed by atoms with Crippen molar-refractivity contribution in [1.29, 1.82) is 0 Å². The molecule has 0 atom stereocenters. The average molecular weight is 415 g/mol. The second kappa shape index (κ2) is 7.39. The first-order valence-electron chi connectivity index (χ1n) is 9.37. The van der Waals surface area contributed by atoms with Crippen LogP contribution >= 0.6 is 11.6 Å². The first-order valence-corrected chi connectivity index (χ1v) is 11.2. The maximum Gasteiger partial charge on any atom is 0.243 e. The van der Waals surface area contributed by atoms with Crippen LogP contribution in [0.5, 0.6) is 0 Å². The quantitative estimate of drug-likeness (QED) is 0.627. The number of rotatable bonds is 3. The van der Waals surface area contributed by atoms with Gasteiger partial charge in [0.2, 0.25) is 10.0 Å². The fourth-order valence-corrected chi connectivity index (χ4v) is 5.94. The topological polar surface area (TPSA) is 40.6 Å². The molecule has 0 N–H and O–H groups in total. The summed E-state index contributed by atoms with van der Waals surface area (Å²) >= 11 is 6.35. The molecule has 4 nitrogen and oxygen atoms in total. The molecule has 28 heavy (non-hydrogen) atoms. The molecule has 1 aliphatic heterocycles. The lowest BCUT2D eigenvalue weighted by Crippen LogP contribution is -2.48. The van der Waals surface area contributed by atoms with Gasteiger partial charge in [0.25, 0.3) is 0 Å². The lowest BCUT2D eigenvalue weighted by Gasteiger charge is -2.36. The second-order valence-corrected chi connectivity index (χ2v) is 9.59. The van der Waals surface area contributed by atoms with Gasteiger partial charge in [0, 0.05) is 42.3 Å². The Morgan fingerprint density at radius 1 is 0.893 bits per heavy atom. The summed E-state index contributed by atoms with van der Waals surface area (Å²) < 4.78 is 28.3. The van der Waals surface area contributed by atoms with Gasteiger partial charge >= 0.3 is 0 Å². The van der Waals surface area contributed by atoms with Crippen LogP contribution in [0, 0.1) is 13.8 Å². The number of anilines is 1. The maximum atomic E-state index is 13.4. The first kappa shape index (κ1) is 19.2. The summed E-state index contributed by atoms with van der Waals surface area (Å²) in [5.74, 6) is 0. The standard InChI is InChI=1S/C22H23ClN2O2S/c1-16-9-10-20(17(2)15-16)24-11-13-25(14-12-24)28(26,27)21-8-4-6-18-5-3-7-19(23)22(18)21/h3-10,15H,11-14H2,1-2H3. The fourth-order valence-electron chi connectivity index (χ4n) is 3.95. The van der Waals surface area contributed by atoms with Crippen molar-refractivity contribution in [1.82, 2.24) is 4.31 Å². The van der Waals surface area contributed by atoms with Gasteiger partial charge in [-0.2, -0.15) is 4.31 Å². The molecule has 1 fully saturated rings. The molecular weight excluding hydrogens is 392 g/mol. The molecule has 4 rings (SSSR count). The molecular formula is C22H23ClN2O2S. The van der Waals surface area contributed by atoms with Gasteiger partial charge in [-0.15, -0.1) is 0 Å². The van der Waals surface area contributed by atoms with Gasteiger partial charge in [0.05, 0.1) is 4.90 Å². The van der Waals surface area contributed by atoms with E-state index in [-0.39, 0.29) is 4.90 Å². The van der Waals surface area contributed by atoms with Gasteiger partial charge in [-0.1, -0.05) is 53.6 Å². The Balaban J connectivity index is 1.61. The van der Waals surface area contributed by atoms with Gasteiger partial charge in [-0.05, 0) is 43.0 Å². The highest BCUT2D eigenvalue weighted by molar-refractivity contribution is 7.89. The molecule has 0 saturated carbocycles. The van der Waals surface area contributed by atoms with Crippen molar-refractivity contribution in [2.75, 3.05) is 31.1 Å². The minimum atomic E-state index is -3.61. The molecule has 6 heteroatoms. The number of piperazine rings is 1. The molecule has 1 saturated heterocycles. The Morgan fingerprint density at radius 2 is 1.57 bits per heavy atom. The highest BCUT2D eigenvalue weighted by Crippen LogP contribution is 2.32. The lowest BCUT2D eigenvalue weighted by molar-refractivity contribution is 0.385. The van der Waals surface area contributed by atoms with E-state index >= 15 is 0 Å². The van der Waals surface area contributed by atoms with Gasteiger partial charge < -0.3 is 4.90 Å². The summed E-state index contributed by atoms with van der Waals surface area (Å²) in [6.07, 6.45) is 0. The third kappa shape index (κ3) is 3.39.